The van der Waals surface area contributed by atoms with Gasteiger partial charge in [-0.15, -0.1) is 0 Å². The Balaban J connectivity index is -0.000000233. The fourth-order valence-corrected chi connectivity index (χ4v) is 3.18. The quantitative estimate of drug-likeness (QED) is 0.110. The minimum atomic E-state index is 0. The van der Waals surface area contributed by atoms with Gasteiger partial charge in [-0.3, -0.25) is 0 Å². The van der Waals surface area contributed by atoms with Gasteiger partial charge in [0.1, 0.15) is 0 Å². The van der Waals surface area contributed by atoms with Crippen molar-refractivity contribution in [3.05, 3.63) is 131 Å². The molecule has 0 fully saturated rings. The minimum Gasteiger partial charge on any atom is -0.184 e. The van der Waals surface area contributed by atoms with E-state index in [-0.39, 0.29) is 21.1 Å². The van der Waals surface area contributed by atoms with Crippen molar-refractivity contribution < 1.29 is 21.1 Å². The summed E-state index contributed by atoms with van der Waals surface area (Å²) in [6.45, 7) is 28.4. The molecule has 1 heteroatoms. The van der Waals surface area contributed by atoms with Gasteiger partial charge >= 0.3 is 21.1 Å². The third-order valence-corrected chi connectivity index (χ3v) is 4.88. The number of hydrogen-bond donors (Lipinski definition) is 0. The molecule has 0 aliphatic heterocycles. The fraction of sp³-hybridized carbons (Fsp3) is 0.350. The third-order valence-electron chi connectivity index (χ3n) is 4.88. The Labute approximate surface area is 269 Å². The van der Waals surface area contributed by atoms with Crippen LogP contribution in [0.4, 0.5) is 0 Å². The Morgan fingerprint density at radius 3 is 0.805 bits per heavy atom. The fourth-order valence-electron chi connectivity index (χ4n) is 3.18. The molecule has 0 atom stereocenters. The van der Waals surface area contributed by atoms with Crippen LogP contribution in [0.2, 0.25) is 0 Å². The Bertz CT molecular complexity index is 1110. The monoisotopic (exact) mass is 722 g/mol. The average molecular weight is 723 g/mol. The first-order chi connectivity index (χ1) is 19.5. The van der Waals surface area contributed by atoms with Crippen LogP contribution in [0.5, 0.6) is 0 Å². The summed E-state index contributed by atoms with van der Waals surface area (Å²) in [7, 11) is 0. The molecule has 0 spiro atoms. The number of fused-ring (bicyclic) bond motifs is 2. The molecule has 0 aliphatic carbocycles. The first-order valence-electron chi connectivity index (χ1n) is 15.3. The predicted octanol–water partition coefficient (Wildman–Crippen LogP) is 13.3. The SMILES string of the molecule is CC.CC.CC.CC.CC.Cc1cc[c-]cc1.Cc1cc[c-]cc1.Cc1ccc2cc3cc(C)ccc3cc2c1.[W+2]. The van der Waals surface area contributed by atoms with E-state index in [1.165, 1.54) is 43.8 Å². The van der Waals surface area contributed by atoms with E-state index in [2.05, 4.69) is 88.4 Å². The number of aryl methyl sites for hydroxylation is 4. The van der Waals surface area contributed by atoms with E-state index in [0.717, 1.165) is 0 Å². The van der Waals surface area contributed by atoms with Gasteiger partial charge in [0.05, 0.1) is 0 Å². The van der Waals surface area contributed by atoms with E-state index < -0.39 is 0 Å². The van der Waals surface area contributed by atoms with Crippen molar-refractivity contribution in [1.82, 2.24) is 0 Å². The number of benzene rings is 5. The largest absolute Gasteiger partial charge is 2.00 e. The van der Waals surface area contributed by atoms with E-state index in [9.17, 15) is 0 Å². The van der Waals surface area contributed by atoms with Crippen LogP contribution in [0, 0.1) is 39.8 Å². The Morgan fingerprint density at radius 2 is 0.585 bits per heavy atom. The zero-order valence-corrected chi connectivity index (χ0v) is 31.6. The van der Waals surface area contributed by atoms with E-state index in [1.807, 2.05) is 118 Å². The molecule has 0 saturated heterocycles. The van der Waals surface area contributed by atoms with Crippen molar-refractivity contribution in [3.8, 4) is 0 Å². The molecule has 0 N–H and O–H groups in total. The van der Waals surface area contributed by atoms with Crippen molar-refractivity contribution in [2.45, 2.75) is 96.9 Å². The molecule has 0 aliphatic rings. The van der Waals surface area contributed by atoms with Gasteiger partial charge < -0.3 is 0 Å². The Hall–Kier alpha value is -2.69. The normalized spacial score (nSPS) is 8.05. The first-order valence-corrected chi connectivity index (χ1v) is 15.3. The molecular weight excluding hydrogens is 664 g/mol. The molecule has 224 valence electrons. The summed E-state index contributed by atoms with van der Waals surface area (Å²) in [6, 6.07) is 39.4. The van der Waals surface area contributed by atoms with Crippen molar-refractivity contribution in [2.75, 3.05) is 0 Å². The summed E-state index contributed by atoms with van der Waals surface area (Å²) < 4.78 is 0. The summed E-state index contributed by atoms with van der Waals surface area (Å²) in [5, 5.41) is 5.31. The smallest absolute Gasteiger partial charge is 0.184 e. The summed E-state index contributed by atoms with van der Waals surface area (Å²) in [6.07, 6.45) is 0. The molecule has 0 nitrogen and oxygen atoms in total. The van der Waals surface area contributed by atoms with Gasteiger partial charge in [-0.1, -0.05) is 131 Å². The van der Waals surface area contributed by atoms with Gasteiger partial charge in [-0.2, -0.15) is 71.8 Å². The third kappa shape index (κ3) is 20.8. The maximum Gasteiger partial charge on any atom is 2.00 e. The predicted molar refractivity (Wildman–Crippen MR) is 188 cm³/mol. The summed E-state index contributed by atoms with van der Waals surface area (Å²) in [5.74, 6) is 0. The molecule has 41 heavy (non-hydrogen) atoms. The van der Waals surface area contributed by atoms with E-state index >= 15 is 0 Å². The van der Waals surface area contributed by atoms with Crippen LogP contribution in [-0.4, -0.2) is 0 Å². The van der Waals surface area contributed by atoms with Crippen LogP contribution in [0.15, 0.2) is 97.1 Å². The zero-order chi connectivity index (χ0) is 31.3. The summed E-state index contributed by atoms with van der Waals surface area (Å²) >= 11 is 0. The second-order valence-corrected chi connectivity index (χ2v) is 7.71. The van der Waals surface area contributed by atoms with Crippen molar-refractivity contribution in [3.63, 3.8) is 0 Å². The maximum atomic E-state index is 2.93. The minimum absolute atomic E-state index is 0. The molecule has 5 aromatic rings. The molecule has 5 aromatic carbocycles. The molecule has 0 aromatic heterocycles. The molecule has 5 rings (SSSR count). The van der Waals surface area contributed by atoms with Crippen LogP contribution < -0.4 is 0 Å². The molecular formula is C40H58W. The number of hydrogen-bond acceptors (Lipinski definition) is 0. The summed E-state index contributed by atoms with van der Waals surface area (Å²) in [4.78, 5) is 0. The second-order valence-electron chi connectivity index (χ2n) is 7.71. The van der Waals surface area contributed by atoms with Crippen LogP contribution in [-0.2, 0) is 21.1 Å². The van der Waals surface area contributed by atoms with Crippen LogP contribution >= 0.6 is 0 Å². The molecule has 0 amide bonds. The maximum absolute atomic E-state index is 2.93. The van der Waals surface area contributed by atoms with Gasteiger partial charge in [0.15, 0.2) is 0 Å². The van der Waals surface area contributed by atoms with Gasteiger partial charge in [-0.05, 0) is 47.5 Å². The average Bonchev–Trinajstić information content (AvgIpc) is 3.03. The van der Waals surface area contributed by atoms with Crippen molar-refractivity contribution >= 4 is 21.5 Å². The van der Waals surface area contributed by atoms with Gasteiger partial charge in [-0.25, -0.2) is 0 Å². The Morgan fingerprint density at radius 1 is 0.317 bits per heavy atom. The first kappa shape index (κ1) is 45.3. The summed E-state index contributed by atoms with van der Waals surface area (Å²) in [5.41, 5.74) is 5.22. The van der Waals surface area contributed by atoms with Crippen LogP contribution in [0.3, 0.4) is 0 Å². The van der Waals surface area contributed by atoms with Crippen molar-refractivity contribution in [1.29, 1.82) is 0 Å². The van der Waals surface area contributed by atoms with E-state index in [0.29, 0.717) is 0 Å². The molecule has 0 heterocycles. The van der Waals surface area contributed by atoms with Gasteiger partial charge in [0, 0.05) is 0 Å². The van der Waals surface area contributed by atoms with Crippen LogP contribution in [0.1, 0.15) is 91.5 Å². The Kier molecular flexibility index (Phi) is 35.2. The second kappa shape index (κ2) is 31.8. The van der Waals surface area contributed by atoms with E-state index in [4.69, 9.17) is 0 Å². The van der Waals surface area contributed by atoms with Crippen LogP contribution in [0.25, 0.3) is 21.5 Å². The zero-order valence-electron chi connectivity index (χ0n) is 28.6. The number of rotatable bonds is 0. The van der Waals surface area contributed by atoms with Crippen molar-refractivity contribution in [2.24, 2.45) is 0 Å². The van der Waals surface area contributed by atoms with Gasteiger partial charge in [0.25, 0.3) is 0 Å². The molecule has 0 unspecified atom stereocenters. The van der Waals surface area contributed by atoms with E-state index in [1.54, 1.807) is 0 Å². The molecule has 0 radical (unpaired) electrons. The standard InChI is InChI=1S/C16H14.2C7H7.5C2H6.W/c1-11-3-5-13-10-16-8-12(2)4-6-14(16)9-15(13)7-11;2*1-7-5-3-2-4-6-7;5*1-2;/h3-10H,1-2H3;2*3-6H,1H3;5*1-2H3;/q;2*-1;;;;;;+2. The molecule has 0 saturated carbocycles. The topological polar surface area (TPSA) is 0 Å². The van der Waals surface area contributed by atoms with Gasteiger partial charge in [0.2, 0.25) is 0 Å². The molecule has 0 bridgehead atoms.